The molecule has 2 rings (SSSR count). The molecule has 0 aliphatic carbocycles. The van der Waals surface area contributed by atoms with Crippen LogP contribution in [-0.2, 0) is 0 Å². The van der Waals surface area contributed by atoms with E-state index in [-0.39, 0.29) is 5.78 Å². The van der Waals surface area contributed by atoms with Gasteiger partial charge in [0.15, 0.2) is 5.78 Å². The second-order valence-corrected chi connectivity index (χ2v) is 8.22. The van der Waals surface area contributed by atoms with Crippen LogP contribution in [0, 0.1) is 0 Å². The van der Waals surface area contributed by atoms with Crippen molar-refractivity contribution in [1.29, 1.82) is 0 Å². The number of carbonyl (C=O) groups is 1. The van der Waals surface area contributed by atoms with Crippen LogP contribution in [0.1, 0.15) is 24.2 Å². The molecule has 0 spiro atoms. The Kier molecular flexibility index (Phi) is 5.00. The first kappa shape index (κ1) is 14.7. The largest absolute Gasteiger partial charge is 0.293 e. The van der Waals surface area contributed by atoms with Gasteiger partial charge in [0.1, 0.15) is 4.34 Å². The quantitative estimate of drug-likeness (QED) is 0.782. The van der Waals surface area contributed by atoms with E-state index in [0.29, 0.717) is 32.1 Å². The van der Waals surface area contributed by atoms with Crippen LogP contribution in [0.15, 0.2) is 6.07 Å². The standard InChI is InChI=1S/C12H15Cl2NOS2/c1-7-8(2)17-4-3-15(7)6-10(16)9-5-11(13)18-12(9)14/h5,7-8H,3-4,6H2,1-2H3. The van der Waals surface area contributed by atoms with Crippen molar-refractivity contribution in [3.8, 4) is 0 Å². The highest BCUT2D eigenvalue weighted by Gasteiger charge is 2.27. The summed E-state index contributed by atoms with van der Waals surface area (Å²) in [5, 5.41) is 0.563. The van der Waals surface area contributed by atoms with E-state index in [1.807, 2.05) is 11.8 Å². The zero-order valence-corrected chi connectivity index (χ0v) is 13.4. The topological polar surface area (TPSA) is 20.3 Å². The van der Waals surface area contributed by atoms with Gasteiger partial charge in [0.2, 0.25) is 0 Å². The minimum Gasteiger partial charge on any atom is -0.293 e. The number of carbonyl (C=O) groups excluding carboxylic acids is 1. The first-order valence-electron chi connectivity index (χ1n) is 5.82. The predicted octanol–water partition coefficient (Wildman–Crippen LogP) is 4.06. The zero-order chi connectivity index (χ0) is 13.3. The molecule has 18 heavy (non-hydrogen) atoms. The second kappa shape index (κ2) is 6.14. The molecule has 1 aromatic heterocycles. The first-order valence-corrected chi connectivity index (χ1v) is 8.45. The average molecular weight is 324 g/mol. The van der Waals surface area contributed by atoms with Crippen molar-refractivity contribution in [3.05, 3.63) is 20.3 Å². The molecule has 2 atom stereocenters. The Balaban J connectivity index is 2.05. The maximum atomic E-state index is 12.2. The lowest BCUT2D eigenvalue weighted by Gasteiger charge is -2.36. The third-order valence-electron chi connectivity index (χ3n) is 3.32. The van der Waals surface area contributed by atoms with Crippen LogP contribution in [-0.4, -0.2) is 40.8 Å². The molecule has 0 bridgehead atoms. The molecule has 100 valence electrons. The Hall–Kier alpha value is 0.260. The molecular formula is C12H15Cl2NOS2. The summed E-state index contributed by atoms with van der Waals surface area (Å²) >= 11 is 15.1. The fourth-order valence-electron chi connectivity index (χ4n) is 2.02. The minimum atomic E-state index is 0.0640. The summed E-state index contributed by atoms with van der Waals surface area (Å²) in [4.78, 5) is 14.4. The molecule has 1 aliphatic heterocycles. The molecule has 0 amide bonds. The molecule has 2 unspecified atom stereocenters. The molecule has 0 radical (unpaired) electrons. The van der Waals surface area contributed by atoms with Gasteiger partial charge >= 0.3 is 0 Å². The summed E-state index contributed by atoms with van der Waals surface area (Å²) in [6.07, 6.45) is 0. The molecule has 0 saturated carbocycles. The van der Waals surface area contributed by atoms with Gasteiger partial charge in [-0.2, -0.15) is 11.8 Å². The smallest absolute Gasteiger partial charge is 0.179 e. The molecular weight excluding hydrogens is 309 g/mol. The maximum absolute atomic E-state index is 12.2. The summed E-state index contributed by atoms with van der Waals surface area (Å²) in [5.41, 5.74) is 0.560. The van der Waals surface area contributed by atoms with Gasteiger partial charge in [0, 0.05) is 23.6 Å². The van der Waals surface area contributed by atoms with Crippen molar-refractivity contribution in [1.82, 2.24) is 4.90 Å². The van der Waals surface area contributed by atoms with E-state index in [1.54, 1.807) is 6.07 Å². The number of hydrogen-bond donors (Lipinski definition) is 0. The van der Waals surface area contributed by atoms with Crippen molar-refractivity contribution >= 4 is 52.1 Å². The average Bonchev–Trinajstić information content (AvgIpc) is 2.64. The number of halogens is 2. The number of thiophene rings is 1. The minimum absolute atomic E-state index is 0.0640. The Labute approximate surface area is 126 Å². The van der Waals surface area contributed by atoms with Crippen molar-refractivity contribution in [2.24, 2.45) is 0 Å². The summed E-state index contributed by atoms with van der Waals surface area (Å²) in [5.74, 6) is 1.14. The van der Waals surface area contributed by atoms with Crippen LogP contribution in [0.4, 0.5) is 0 Å². The Bertz CT molecular complexity index is 449. The van der Waals surface area contributed by atoms with Gasteiger partial charge in [-0.15, -0.1) is 11.3 Å². The van der Waals surface area contributed by atoms with Crippen LogP contribution < -0.4 is 0 Å². The van der Waals surface area contributed by atoms with E-state index >= 15 is 0 Å². The SMILES string of the molecule is CC1SCCN(CC(=O)c2cc(Cl)sc2Cl)C1C. The van der Waals surface area contributed by atoms with Crippen molar-refractivity contribution in [2.45, 2.75) is 25.1 Å². The fourth-order valence-corrected chi connectivity index (χ4v) is 4.68. The van der Waals surface area contributed by atoms with Crippen molar-refractivity contribution < 1.29 is 4.79 Å². The molecule has 1 fully saturated rings. The van der Waals surface area contributed by atoms with Crippen molar-refractivity contribution in [2.75, 3.05) is 18.8 Å². The zero-order valence-electron chi connectivity index (χ0n) is 10.3. The lowest BCUT2D eigenvalue weighted by atomic mass is 10.1. The number of rotatable bonds is 3. The Morgan fingerprint density at radius 1 is 1.50 bits per heavy atom. The number of Topliss-reactive ketones (excluding diaryl/α,β-unsaturated/α-hetero) is 1. The molecule has 2 nitrogen and oxygen atoms in total. The van der Waals surface area contributed by atoms with Gasteiger partial charge in [-0.25, -0.2) is 0 Å². The van der Waals surface area contributed by atoms with E-state index < -0.39 is 0 Å². The van der Waals surface area contributed by atoms with Gasteiger partial charge in [-0.3, -0.25) is 9.69 Å². The third kappa shape index (κ3) is 3.23. The highest BCUT2D eigenvalue weighted by atomic mass is 35.5. The van der Waals surface area contributed by atoms with E-state index in [2.05, 4.69) is 18.7 Å². The number of hydrogen-bond acceptors (Lipinski definition) is 4. The lowest BCUT2D eigenvalue weighted by Crippen LogP contribution is -2.46. The predicted molar refractivity (Wildman–Crippen MR) is 81.6 cm³/mol. The number of ketones is 1. The summed E-state index contributed by atoms with van der Waals surface area (Å²) in [6.45, 7) is 5.77. The van der Waals surface area contributed by atoms with Crippen LogP contribution >= 0.6 is 46.3 Å². The van der Waals surface area contributed by atoms with Crippen LogP contribution in [0.2, 0.25) is 8.67 Å². The maximum Gasteiger partial charge on any atom is 0.179 e. The molecule has 1 aliphatic rings. The molecule has 0 aromatic carbocycles. The first-order chi connectivity index (χ1) is 8.49. The summed E-state index contributed by atoms with van der Waals surface area (Å²) in [6, 6.07) is 2.09. The number of thioether (sulfide) groups is 1. The van der Waals surface area contributed by atoms with E-state index in [4.69, 9.17) is 23.2 Å². The van der Waals surface area contributed by atoms with Crippen molar-refractivity contribution in [3.63, 3.8) is 0 Å². The van der Waals surface area contributed by atoms with Crippen LogP contribution in [0.3, 0.4) is 0 Å². The normalized spacial score (nSPS) is 25.3. The van der Waals surface area contributed by atoms with E-state index in [0.717, 1.165) is 12.3 Å². The van der Waals surface area contributed by atoms with Crippen LogP contribution in [0.25, 0.3) is 0 Å². The third-order valence-corrected chi connectivity index (χ3v) is 6.14. The fraction of sp³-hybridized carbons (Fsp3) is 0.583. The van der Waals surface area contributed by atoms with Crippen LogP contribution in [0.5, 0.6) is 0 Å². The molecule has 1 saturated heterocycles. The van der Waals surface area contributed by atoms with Gasteiger partial charge < -0.3 is 0 Å². The number of nitrogens with zero attached hydrogens (tertiary/aromatic N) is 1. The van der Waals surface area contributed by atoms with Gasteiger partial charge in [-0.05, 0) is 13.0 Å². The molecule has 6 heteroatoms. The van der Waals surface area contributed by atoms with Gasteiger partial charge in [0.25, 0.3) is 0 Å². The summed E-state index contributed by atoms with van der Waals surface area (Å²) < 4.78 is 1.07. The Morgan fingerprint density at radius 2 is 2.22 bits per heavy atom. The monoisotopic (exact) mass is 323 g/mol. The molecule has 2 heterocycles. The molecule has 0 N–H and O–H groups in total. The second-order valence-electron chi connectivity index (χ2n) is 4.45. The summed E-state index contributed by atoms with van der Waals surface area (Å²) in [7, 11) is 0. The lowest BCUT2D eigenvalue weighted by molar-refractivity contribution is 0.0902. The highest BCUT2D eigenvalue weighted by molar-refractivity contribution is 8.00. The highest BCUT2D eigenvalue weighted by Crippen LogP contribution is 2.32. The van der Waals surface area contributed by atoms with E-state index in [1.165, 1.54) is 11.3 Å². The van der Waals surface area contributed by atoms with Gasteiger partial charge in [-0.1, -0.05) is 30.1 Å². The van der Waals surface area contributed by atoms with Gasteiger partial charge in [0.05, 0.1) is 16.4 Å². The Morgan fingerprint density at radius 3 is 2.83 bits per heavy atom. The molecule has 1 aromatic rings. The van der Waals surface area contributed by atoms with E-state index in [9.17, 15) is 4.79 Å².